The summed E-state index contributed by atoms with van der Waals surface area (Å²) in [6, 6.07) is 7.78. The maximum atomic E-state index is 10.9. The van der Waals surface area contributed by atoms with Crippen molar-refractivity contribution in [3.05, 3.63) is 40.0 Å². The minimum absolute atomic E-state index is 0.0693. The van der Waals surface area contributed by atoms with Gasteiger partial charge in [-0.3, -0.25) is 4.68 Å². The molecule has 0 unspecified atom stereocenters. The smallest absolute Gasteiger partial charge is 0.356 e. The van der Waals surface area contributed by atoms with Gasteiger partial charge in [0, 0.05) is 17.1 Å². The zero-order chi connectivity index (χ0) is 13.6. The summed E-state index contributed by atoms with van der Waals surface area (Å²) in [4.78, 5) is 10.9. The van der Waals surface area contributed by atoms with Gasteiger partial charge in [-0.1, -0.05) is 28.1 Å². The average Bonchev–Trinajstić information content (AvgIpc) is 3.11. The molecule has 1 saturated carbocycles. The fourth-order valence-electron chi connectivity index (χ4n) is 2.25. The van der Waals surface area contributed by atoms with Crippen molar-refractivity contribution in [3.63, 3.8) is 0 Å². The van der Waals surface area contributed by atoms with Gasteiger partial charge in [0.15, 0.2) is 5.69 Å². The summed E-state index contributed by atoms with van der Waals surface area (Å²) in [5, 5.41) is 13.0. The SMILES string of the molecule is Cn1nc(C(=O)O)cc1-c1ccc(C2CC2)c(Br)c1. The molecule has 1 fully saturated rings. The van der Waals surface area contributed by atoms with Gasteiger partial charge in [0.05, 0.1) is 5.69 Å². The second-order valence-electron chi connectivity index (χ2n) is 4.85. The van der Waals surface area contributed by atoms with Crippen molar-refractivity contribution >= 4 is 21.9 Å². The summed E-state index contributed by atoms with van der Waals surface area (Å²) in [5.41, 5.74) is 3.18. The zero-order valence-corrected chi connectivity index (χ0v) is 12.0. The Balaban J connectivity index is 2.02. The maximum absolute atomic E-state index is 10.9. The molecule has 0 aliphatic heterocycles. The Morgan fingerprint density at radius 3 is 2.68 bits per heavy atom. The van der Waals surface area contributed by atoms with Gasteiger partial charge in [-0.2, -0.15) is 5.10 Å². The normalized spacial score (nSPS) is 14.6. The lowest BCUT2D eigenvalue weighted by atomic mass is 10.1. The number of aromatic nitrogens is 2. The summed E-state index contributed by atoms with van der Waals surface area (Å²) in [7, 11) is 1.75. The second kappa shape index (κ2) is 4.49. The molecule has 1 heterocycles. The van der Waals surface area contributed by atoms with Crippen LogP contribution in [0.2, 0.25) is 0 Å². The first kappa shape index (κ1) is 12.4. The van der Waals surface area contributed by atoms with Crippen LogP contribution in [-0.4, -0.2) is 20.9 Å². The summed E-state index contributed by atoms with van der Waals surface area (Å²) >= 11 is 3.60. The molecule has 0 spiro atoms. The van der Waals surface area contributed by atoms with Crippen molar-refractivity contribution < 1.29 is 9.90 Å². The number of rotatable bonds is 3. The van der Waals surface area contributed by atoms with Crippen LogP contribution in [0.1, 0.15) is 34.8 Å². The highest BCUT2D eigenvalue weighted by molar-refractivity contribution is 9.10. The molecule has 2 aromatic rings. The van der Waals surface area contributed by atoms with E-state index >= 15 is 0 Å². The van der Waals surface area contributed by atoms with Crippen molar-refractivity contribution in [2.75, 3.05) is 0 Å². The molecular weight excluding hydrogens is 308 g/mol. The number of carboxylic acid groups (broad SMARTS) is 1. The molecule has 98 valence electrons. The molecule has 0 atom stereocenters. The minimum atomic E-state index is -1.00. The summed E-state index contributed by atoms with van der Waals surface area (Å²) < 4.78 is 2.69. The van der Waals surface area contributed by atoms with Crippen LogP contribution < -0.4 is 0 Å². The van der Waals surface area contributed by atoms with Crippen molar-refractivity contribution in [1.29, 1.82) is 0 Å². The monoisotopic (exact) mass is 320 g/mol. The van der Waals surface area contributed by atoms with Gasteiger partial charge in [-0.25, -0.2) is 4.79 Å². The van der Waals surface area contributed by atoms with E-state index in [1.807, 2.05) is 12.1 Å². The first-order chi connectivity index (χ1) is 9.06. The molecule has 1 aromatic heterocycles. The lowest BCUT2D eigenvalue weighted by Gasteiger charge is -2.06. The van der Waals surface area contributed by atoms with Gasteiger partial charge in [0.1, 0.15) is 0 Å². The van der Waals surface area contributed by atoms with E-state index in [0.717, 1.165) is 15.7 Å². The molecule has 0 bridgehead atoms. The highest BCUT2D eigenvalue weighted by Gasteiger charge is 2.25. The molecule has 5 heteroatoms. The van der Waals surface area contributed by atoms with Gasteiger partial charge in [0.25, 0.3) is 0 Å². The maximum Gasteiger partial charge on any atom is 0.356 e. The molecule has 19 heavy (non-hydrogen) atoms. The third-order valence-electron chi connectivity index (χ3n) is 3.41. The lowest BCUT2D eigenvalue weighted by molar-refractivity contribution is 0.0689. The van der Waals surface area contributed by atoms with Gasteiger partial charge in [-0.05, 0) is 36.5 Å². The van der Waals surface area contributed by atoms with Gasteiger partial charge >= 0.3 is 5.97 Å². The van der Waals surface area contributed by atoms with Crippen LogP contribution in [0.15, 0.2) is 28.7 Å². The first-order valence-corrected chi connectivity index (χ1v) is 6.92. The number of aromatic carboxylic acids is 1. The Morgan fingerprint density at radius 2 is 2.16 bits per heavy atom. The summed E-state index contributed by atoms with van der Waals surface area (Å²) in [5.74, 6) is -0.319. The largest absolute Gasteiger partial charge is 0.476 e. The van der Waals surface area contributed by atoms with Crippen molar-refractivity contribution in [1.82, 2.24) is 9.78 Å². The van der Waals surface area contributed by atoms with E-state index in [1.54, 1.807) is 17.8 Å². The van der Waals surface area contributed by atoms with E-state index in [2.05, 4.69) is 27.1 Å². The first-order valence-electron chi connectivity index (χ1n) is 6.13. The number of carboxylic acids is 1. The van der Waals surface area contributed by atoms with Gasteiger partial charge in [0.2, 0.25) is 0 Å². The van der Waals surface area contributed by atoms with Crippen molar-refractivity contribution in [2.45, 2.75) is 18.8 Å². The van der Waals surface area contributed by atoms with Crippen LogP contribution in [-0.2, 0) is 7.05 Å². The second-order valence-corrected chi connectivity index (χ2v) is 5.71. The highest BCUT2D eigenvalue weighted by atomic mass is 79.9. The predicted octanol–water partition coefficient (Wildman–Crippen LogP) is 3.43. The Labute approximate surface area is 119 Å². The third-order valence-corrected chi connectivity index (χ3v) is 4.10. The van der Waals surface area contributed by atoms with Crippen molar-refractivity contribution in [3.8, 4) is 11.3 Å². The minimum Gasteiger partial charge on any atom is -0.476 e. The molecule has 1 aliphatic carbocycles. The Hall–Kier alpha value is -1.62. The predicted molar refractivity (Wildman–Crippen MR) is 75.3 cm³/mol. The fraction of sp³-hybridized carbons (Fsp3) is 0.286. The molecule has 1 aromatic carbocycles. The molecule has 0 saturated heterocycles. The van der Waals surface area contributed by atoms with Crippen LogP contribution in [0.3, 0.4) is 0 Å². The third kappa shape index (κ3) is 2.30. The highest BCUT2D eigenvalue weighted by Crippen LogP contribution is 2.44. The van der Waals surface area contributed by atoms with Crippen LogP contribution in [0.4, 0.5) is 0 Å². The summed E-state index contributed by atoms with van der Waals surface area (Å²) in [6.45, 7) is 0. The number of aryl methyl sites for hydroxylation is 1. The Morgan fingerprint density at radius 1 is 1.42 bits per heavy atom. The topological polar surface area (TPSA) is 55.1 Å². The number of nitrogens with zero attached hydrogens (tertiary/aromatic N) is 2. The molecule has 1 aliphatic rings. The average molecular weight is 321 g/mol. The fourth-order valence-corrected chi connectivity index (χ4v) is 2.96. The molecule has 0 radical (unpaired) electrons. The number of carbonyl (C=O) groups is 1. The number of benzene rings is 1. The van der Waals surface area contributed by atoms with Gasteiger partial charge < -0.3 is 5.11 Å². The van der Waals surface area contributed by atoms with E-state index in [-0.39, 0.29) is 5.69 Å². The Bertz CT molecular complexity index is 659. The quantitative estimate of drug-likeness (QED) is 0.942. The van der Waals surface area contributed by atoms with Crippen LogP contribution in [0, 0.1) is 0 Å². The van der Waals surface area contributed by atoms with Gasteiger partial charge in [-0.15, -0.1) is 0 Å². The zero-order valence-electron chi connectivity index (χ0n) is 10.4. The lowest BCUT2D eigenvalue weighted by Crippen LogP contribution is -1.99. The standard InChI is InChI=1S/C14H13BrN2O2/c1-17-13(7-12(16-17)14(18)19)9-4-5-10(8-2-3-8)11(15)6-9/h4-8H,2-3H2,1H3,(H,18,19). The molecule has 3 rings (SSSR count). The van der Waals surface area contributed by atoms with E-state index in [1.165, 1.54) is 18.4 Å². The molecular formula is C14H13BrN2O2. The van der Waals surface area contributed by atoms with Crippen LogP contribution in [0.5, 0.6) is 0 Å². The number of halogens is 1. The van der Waals surface area contributed by atoms with Crippen molar-refractivity contribution in [2.24, 2.45) is 7.05 Å². The Kier molecular flexibility index (Phi) is 2.93. The molecule has 1 N–H and O–H groups in total. The number of hydrogen-bond acceptors (Lipinski definition) is 2. The molecule has 0 amide bonds. The van der Waals surface area contributed by atoms with E-state index in [0.29, 0.717) is 5.92 Å². The summed E-state index contributed by atoms with van der Waals surface area (Å²) in [6.07, 6.45) is 2.51. The van der Waals surface area contributed by atoms with E-state index < -0.39 is 5.97 Å². The van der Waals surface area contributed by atoms with E-state index in [4.69, 9.17) is 5.11 Å². The number of hydrogen-bond donors (Lipinski definition) is 1. The van der Waals surface area contributed by atoms with E-state index in [9.17, 15) is 4.79 Å². The van der Waals surface area contributed by atoms with Crippen LogP contribution >= 0.6 is 15.9 Å². The van der Waals surface area contributed by atoms with Crippen LogP contribution in [0.25, 0.3) is 11.3 Å². The molecule has 4 nitrogen and oxygen atoms in total.